The Morgan fingerprint density at radius 3 is 1.85 bits per heavy atom. The summed E-state index contributed by atoms with van der Waals surface area (Å²) in [6, 6.07) is 21.4. The second-order valence-electron chi connectivity index (χ2n) is 6.36. The quantitative estimate of drug-likeness (QED) is 0.800. The summed E-state index contributed by atoms with van der Waals surface area (Å²) >= 11 is 0. The van der Waals surface area contributed by atoms with Gasteiger partial charge in [-0.15, -0.1) is 0 Å². The Labute approximate surface area is 151 Å². The molecule has 1 saturated carbocycles. The van der Waals surface area contributed by atoms with Crippen LogP contribution in [0.4, 0.5) is 0 Å². The SMILES string of the molecule is CCOC(=O)C1(C#N)[C@@H]2C(c3ccccc3)=NN=C(c3ccccc3)[C@@H]21. The summed E-state index contributed by atoms with van der Waals surface area (Å²) in [6.07, 6.45) is 0. The molecule has 5 heteroatoms. The van der Waals surface area contributed by atoms with Crippen LogP contribution in [0.5, 0.6) is 0 Å². The van der Waals surface area contributed by atoms with Crippen LogP contribution in [0.1, 0.15) is 18.1 Å². The fourth-order valence-corrected chi connectivity index (χ4v) is 3.75. The summed E-state index contributed by atoms with van der Waals surface area (Å²) in [7, 11) is 0. The van der Waals surface area contributed by atoms with Crippen molar-refractivity contribution < 1.29 is 9.53 Å². The van der Waals surface area contributed by atoms with Crippen LogP contribution in [-0.4, -0.2) is 24.0 Å². The number of hydrogen-bond donors (Lipinski definition) is 0. The van der Waals surface area contributed by atoms with Gasteiger partial charge >= 0.3 is 5.97 Å². The minimum atomic E-state index is -1.27. The van der Waals surface area contributed by atoms with E-state index in [1.807, 2.05) is 60.7 Å². The van der Waals surface area contributed by atoms with Crippen molar-refractivity contribution in [2.45, 2.75) is 6.92 Å². The molecule has 2 aliphatic rings. The van der Waals surface area contributed by atoms with Gasteiger partial charge < -0.3 is 4.74 Å². The van der Waals surface area contributed by atoms with Crippen LogP contribution in [-0.2, 0) is 9.53 Å². The highest BCUT2D eigenvalue weighted by atomic mass is 16.5. The highest BCUT2D eigenvalue weighted by Gasteiger charge is 2.76. The topological polar surface area (TPSA) is 74.8 Å². The van der Waals surface area contributed by atoms with Gasteiger partial charge in [0, 0.05) is 11.8 Å². The fourth-order valence-electron chi connectivity index (χ4n) is 3.75. The summed E-state index contributed by atoms with van der Waals surface area (Å²) in [4.78, 5) is 12.7. The first-order valence-corrected chi connectivity index (χ1v) is 8.58. The van der Waals surface area contributed by atoms with Crippen LogP contribution < -0.4 is 0 Å². The van der Waals surface area contributed by atoms with Crippen molar-refractivity contribution in [2.24, 2.45) is 27.5 Å². The van der Waals surface area contributed by atoms with Gasteiger partial charge in [0.2, 0.25) is 0 Å². The average Bonchev–Trinajstić information content (AvgIpc) is 3.39. The van der Waals surface area contributed by atoms with Crippen molar-refractivity contribution in [1.82, 2.24) is 0 Å². The average molecular weight is 343 g/mol. The number of nitriles is 1. The molecule has 0 N–H and O–H groups in total. The first kappa shape index (κ1) is 16.2. The van der Waals surface area contributed by atoms with Gasteiger partial charge in [-0.2, -0.15) is 15.5 Å². The normalized spacial score (nSPS) is 26.0. The number of rotatable bonds is 4. The molecule has 5 nitrogen and oxygen atoms in total. The highest BCUT2D eigenvalue weighted by Crippen LogP contribution is 2.63. The Morgan fingerprint density at radius 1 is 1.00 bits per heavy atom. The van der Waals surface area contributed by atoms with E-state index >= 15 is 0 Å². The minimum absolute atomic E-state index is 0.233. The third-order valence-electron chi connectivity index (χ3n) is 5.00. The molecule has 128 valence electrons. The van der Waals surface area contributed by atoms with E-state index in [0.717, 1.165) is 11.1 Å². The maximum absolute atomic E-state index is 12.7. The van der Waals surface area contributed by atoms with Crippen LogP contribution in [0.3, 0.4) is 0 Å². The second kappa shape index (κ2) is 6.23. The molecule has 0 bridgehead atoms. The van der Waals surface area contributed by atoms with Crippen molar-refractivity contribution in [3.8, 4) is 6.07 Å². The standard InChI is InChI=1S/C21H17N3O2/c1-2-26-20(25)21(13-22)16-17(21)19(15-11-7-4-8-12-15)24-23-18(16)14-9-5-3-6-10-14/h3-12,16-17H,2H2,1H3/t16-,17+,21?. The number of carbonyl (C=O) groups is 1. The zero-order valence-corrected chi connectivity index (χ0v) is 14.3. The molecule has 26 heavy (non-hydrogen) atoms. The van der Waals surface area contributed by atoms with Crippen molar-refractivity contribution in [3.05, 3.63) is 71.8 Å². The molecule has 2 aromatic carbocycles. The molecule has 0 saturated heterocycles. The number of hydrogen-bond acceptors (Lipinski definition) is 5. The van der Waals surface area contributed by atoms with E-state index < -0.39 is 11.4 Å². The zero-order chi connectivity index (χ0) is 18.1. The monoisotopic (exact) mass is 343 g/mol. The Morgan fingerprint density at radius 2 is 1.46 bits per heavy atom. The lowest BCUT2D eigenvalue weighted by Crippen LogP contribution is -2.24. The first-order valence-electron chi connectivity index (χ1n) is 8.58. The summed E-state index contributed by atoms with van der Waals surface area (Å²) in [6.45, 7) is 1.98. The molecule has 0 amide bonds. The number of nitrogens with zero attached hydrogens (tertiary/aromatic N) is 3. The molecule has 2 aromatic rings. The number of esters is 1. The van der Waals surface area contributed by atoms with Gasteiger partial charge in [0.1, 0.15) is 0 Å². The van der Waals surface area contributed by atoms with E-state index in [1.165, 1.54) is 0 Å². The van der Waals surface area contributed by atoms with Gasteiger partial charge in [0.25, 0.3) is 0 Å². The fraction of sp³-hybridized carbons (Fsp3) is 0.238. The van der Waals surface area contributed by atoms with Gasteiger partial charge in [-0.1, -0.05) is 60.7 Å². The molecular formula is C21H17N3O2. The Kier molecular flexibility index (Phi) is 3.89. The third-order valence-corrected chi connectivity index (χ3v) is 5.00. The van der Waals surface area contributed by atoms with E-state index in [0.29, 0.717) is 11.4 Å². The molecular weight excluding hydrogens is 326 g/mol. The number of ether oxygens (including phenoxy) is 1. The van der Waals surface area contributed by atoms with Gasteiger partial charge in [0.05, 0.1) is 24.1 Å². The van der Waals surface area contributed by atoms with Crippen molar-refractivity contribution >= 4 is 17.4 Å². The molecule has 1 aliphatic carbocycles. The van der Waals surface area contributed by atoms with E-state index in [1.54, 1.807) is 6.92 Å². The van der Waals surface area contributed by atoms with Crippen molar-refractivity contribution in [1.29, 1.82) is 5.26 Å². The molecule has 4 rings (SSSR count). The molecule has 0 spiro atoms. The molecule has 0 radical (unpaired) electrons. The summed E-state index contributed by atoms with van der Waals surface area (Å²) in [5, 5.41) is 18.8. The van der Waals surface area contributed by atoms with Gasteiger partial charge in [-0.05, 0) is 18.1 Å². The summed E-state index contributed by atoms with van der Waals surface area (Å²) < 4.78 is 5.25. The maximum Gasteiger partial charge on any atom is 0.327 e. The predicted molar refractivity (Wildman–Crippen MR) is 97.6 cm³/mol. The molecule has 0 aromatic heterocycles. The van der Waals surface area contributed by atoms with Gasteiger partial charge in [-0.3, -0.25) is 4.79 Å². The lowest BCUT2D eigenvalue weighted by atomic mass is 9.98. The summed E-state index contributed by atoms with van der Waals surface area (Å²) in [5.41, 5.74) is 1.82. The molecule has 1 heterocycles. The van der Waals surface area contributed by atoms with Crippen molar-refractivity contribution in [2.75, 3.05) is 6.61 Å². The van der Waals surface area contributed by atoms with Gasteiger partial charge in [0.15, 0.2) is 5.41 Å². The molecule has 1 aliphatic heterocycles. The minimum Gasteiger partial charge on any atom is -0.465 e. The Hall–Kier alpha value is -3.26. The van der Waals surface area contributed by atoms with Crippen LogP contribution in [0.25, 0.3) is 0 Å². The first-order chi connectivity index (χ1) is 12.7. The number of benzene rings is 2. The molecule has 1 unspecified atom stereocenters. The highest BCUT2D eigenvalue weighted by molar-refractivity contribution is 6.20. The van der Waals surface area contributed by atoms with Crippen LogP contribution in [0, 0.1) is 28.6 Å². The Bertz CT molecular complexity index is 881. The van der Waals surface area contributed by atoms with Crippen LogP contribution in [0.2, 0.25) is 0 Å². The van der Waals surface area contributed by atoms with E-state index in [-0.39, 0.29) is 18.4 Å². The lowest BCUT2D eigenvalue weighted by molar-refractivity contribution is -0.147. The maximum atomic E-state index is 12.7. The van der Waals surface area contributed by atoms with Gasteiger partial charge in [-0.25, -0.2) is 0 Å². The van der Waals surface area contributed by atoms with E-state index in [9.17, 15) is 10.1 Å². The summed E-state index contributed by atoms with van der Waals surface area (Å²) in [5.74, 6) is -1.19. The lowest BCUT2D eigenvalue weighted by Gasteiger charge is -2.11. The zero-order valence-electron chi connectivity index (χ0n) is 14.3. The molecule has 1 fully saturated rings. The largest absolute Gasteiger partial charge is 0.465 e. The van der Waals surface area contributed by atoms with E-state index in [2.05, 4.69) is 16.3 Å². The van der Waals surface area contributed by atoms with Crippen LogP contribution in [0.15, 0.2) is 70.9 Å². The molecule has 3 atom stereocenters. The van der Waals surface area contributed by atoms with Crippen LogP contribution >= 0.6 is 0 Å². The van der Waals surface area contributed by atoms with Crippen molar-refractivity contribution in [3.63, 3.8) is 0 Å². The second-order valence-corrected chi connectivity index (χ2v) is 6.36. The predicted octanol–water partition coefficient (Wildman–Crippen LogP) is 3.21. The number of carbonyl (C=O) groups excluding carboxylic acids is 1. The smallest absolute Gasteiger partial charge is 0.327 e. The number of fused-ring (bicyclic) bond motifs is 1. The van der Waals surface area contributed by atoms with E-state index in [4.69, 9.17) is 4.74 Å². The third kappa shape index (κ3) is 2.26. The Balaban J connectivity index is 1.85.